The number of furan rings is 1. The fraction of sp³-hybridized carbons (Fsp3) is 0.100. The lowest BCUT2D eigenvalue weighted by molar-refractivity contribution is -0.122. The van der Waals surface area contributed by atoms with Crippen LogP contribution in [0.25, 0.3) is 6.08 Å². The number of phenols is 1. The fourth-order valence-corrected chi connectivity index (χ4v) is 6.59. The van der Waals surface area contributed by atoms with Gasteiger partial charge in [-0.25, -0.2) is 0 Å². The van der Waals surface area contributed by atoms with Crippen LogP contribution < -0.4 is 9.47 Å². The van der Waals surface area contributed by atoms with Crippen molar-refractivity contribution in [2.75, 3.05) is 7.11 Å². The van der Waals surface area contributed by atoms with Gasteiger partial charge < -0.3 is 19.0 Å². The molecule has 220 valence electrons. The molecule has 1 aliphatic rings. The number of hydrogen-bond donors (Lipinski definition) is 1. The van der Waals surface area contributed by atoms with E-state index in [0.717, 1.165) is 21.8 Å². The largest absolute Gasteiger partial charge is 0.506 e. The Morgan fingerprint density at radius 3 is 2.67 bits per heavy atom. The van der Waals surface area contributed by atoms with Gasteiger partial charge in [-0.2, -0.15) is 5.10 Å². The molecule has 2 heterocycles. The van der Waals surface area contributed by atoms with Gasteiger partial charge in [0.1, 0.15) is 18.1 Å². The number of rotatable bonds is 9. The van der Waals surface area contributed by atoms with Crippen molar-refractivity contribution in [3.05, 3.63) is 113 Å². The van der Waals surface area contributed by atoms with Crippen LogP contribution in [0.4, 0.5) is 0 Å². The third-order valence-corrected chi connectivity index (χ3v) is 8.71. The third-order valence-electron chi connectivity index (χ3n) is 6.06. The normalized spacial score (nSPS) is 15.3. The molecule has 1 saturated heterocycles. The minimum Gasteiger partial charge on any atom is -0.506 e. The smallest absolute Gasteiger partial charge is 0.267 e. The molecule has 0 radical (unpaired) electrons. The second-order valence-corrected chi connectivity index (χ2v) is 12.6. The highest BCUT2D eigenvalue weighted by Crippen LogP contribution is 2.38. The number of ether oxygens (including phenoxy) is 2. The summed E-state index contributed by atoms with van der Waals surface area (Å²) in [5.74, 6) is 1.32. The van der Waals surface area contributed by atoms with E-state index >= 15 is 0 Å². The SMILES string of the molecule is COc1cc(/C=N\N=C2\S/C(=C\c3cc(Br)cc(Br)c3O)C(=O)N2Cc2ccco2)ccc1OCc1ccc(Cl)cc1Cl. The van der Waals surface area contributed by atoms with Gasteiger partial charge in [0.15, 0.2) is 16.7 Å². The average Bonchev–Trinajstić information content (AvgIpc) is 3.60. The fourth-order valence-electron chi connectivity index (χ4n) is 3.94. The lowest BCUT2D eigenvalue weighted by atomic mass is 10.2. The monoisotopic (exact) mass is 763 g/mol. The number of hydrogen-bond acceptors (Lipinski definition) is 8. The molecule has 0 aliphatic carbocycles. The van der Waals surface area contributed by atoms with Gasteiger partial charge >= 0.3 is 0 Å². The van der Waals surface area contributed by atoms with Crippen LogP contribution in [0.15, 0.2) is 95.4 Å². The molecular formula is C30H21Br2Cl2N3O5S. The Bertz CT molecular complexity index is 1760. The van der Waals surface area contributed by atoms with Crippen molar-refractivity contribution in [3.63, 3.8) is 0 Å². The Morgan fingerprint density at radius 1 is 1.09 bits per heavy atom. The number of thioether (sulfide) groups is 1. The molecule has 1 N–H and O–H groups in total. The molecule has 1 fully saturated rings. The summed E-state index contributed by atoms with van der Waals surface area (Å²) < 4.78 is 18.1. The molecule has 43 heavy (non-hydrogen) atoms. The van der Waals surface area contributed by atoms with Crippen LogP contribution in [-0.4, -0.2) is 34.4 Å². The van der Waals surface area contributed by atoms with E-state index in [4.69, 9.17) is 37.1 Å². The number of benzene rings is 3. The first-order valence-corrected chi connectivity index (χ1v) is 15.6. The second kappa shape index (κ2) is 14.0. The van der Waals surface area contributed by atoms with E-state index < -0.39 is 0 Å². The Labute approximate surface area is 278 Å². The number of aromatic hydroxyl groups is 1. The molecular weight excluding hydrogens is 745 g/mol. The van der Waals surface area contributed by atoms with Gasteiger partial charge in [0.25, 0.3) is 5.91 Å². The minimum atomic E-state index is -0.296. The zero-order valence-electron chi connectivity index (χ0n) is 22.3. The predicted molar refractivity (Wildman–Crippen MR) is 177 cm³/mol. The molecule has 8 nitrogen and oxygen atoms in total. The summed E-state index contributed by atoms with van der Waals surface area (Å²) in [6.07, 6.45) is 4.70. The molecule has 5 rings (SSSR count). The van der Waals surface area contributed by atoms with E-state index in [1.54, 1.807) is 80.1 Å². The summed E-state index contributed by atoms with van der Waals surface area (Å²) >= 11 is 20.1. The van der Waals surface area contributed by atoms with Crippen LogP contribution in [0, 0.1) is 0 Å². The molecule has 0 atom stereocenters. The van der Waals surface area contributed by atoms with E-state index in [-0.39, 0.29) is 24.8 Å². The van der Waals surface area contributed by atoms with Gasteiger partial charge in [-0.3, -0.25) is 9.69 Å². The number of carbonyl (C=O) groups excluding carboxylic acids is 1. The van der Waals surface area contributed by atoms with Crippen molar-refractivity contribution < 1.29 is 23.8 Å². The van der Waals surface area contributed by atoms with E-state index in [0.29, 0.717) is 53.0 Å². The Morgan fingerprint density at radius 2 is 1.93 bits per heavy atom. The van der Waals surface area contributed by atoms with Crippen molar-refractivity contribution in [2.24, 2.45) is 10.2 Å². The molecule has 0 saturated carbocycles. The molecule has 0 unspecified atom stereocenters. The highest BCUT2D eigenvalue weighted by Gasteiger charge is 2.34. The molecule has 3 aromatic carbocycles. The van der Waals surface area contributed by atoms with Crippen LogP contribution in [0.1, 0.15) is 22.5 Å². The van der Waals surface area contributed by atoms with Crippen LogP contribution in [0.2, 0.25) is 10.0 Å². The van der Waals surface area contributed by atoms with Gasteiger partial charge in [0.2, 0.25) is 0 Å². The van der Waals surface area contributed by atoms with Gasteiger partial charge in [-0.05, 0) is 93.9 Å². The van der Waals surface area contributed by atoms with Crippen LogP contribution in [-0.2, 0) is 17.9 Å². The number of methoxy groups -OCH3 is 1. The molecule has 0 bridgehead atoms. The molecule has 1 amide bonds. The van der Waals surface area contributed by atoms with Crippen molar-refractivity contribution in [1.82, 2.24) is 4.90 Å². The lowest BCUT2D eigenvalue weighted by Gasteiger charge is -2.13. The topological polar surface area (TPSA) is 96.9 Å². The van der Waals surface area contributed by atoms with E-state index in [1.165, 1.54) is 11.2 Å². The first-order valence-electron chi connectivity index (χ1n) is 12.5. The first-order chi connectivity index (χ1) is 20.7. The van der Waals surface area contributed by atoms with Gasteiger partial charge in [-0.1, -0.05) is 45.2 Å². The quantitative estimate of drug-likeness (QED) is 0.104. The highest BCUT2D eigenvalue weighted by molar-refractivity contribution is 9.11. The number of halogens is 4. The first kappa shape index (κ1) is 31.2. The molecule has 4 aromatic rings. The summed E-state index contributed by atoms with van der Waals surface area (Å²) in [4.78, 5) is 15.2. The molecule has 1 aromatic heterocycles. The summed E-state index contributed by atoms with van der Waals surface area (Å²) in [7, 11) is 1.54. The average molecular weight is 766 g/mol. The third kappa shape index (κ3) is 7.66. The maximum atomic E-state index is 13.4. The number of phenolic OH excluding ortho intramolecular Hbond substituents is 1. The number of amides is 1. The van der Waals surface area contributed by atoms with E-state index in [1.807, 2.05) is 0 Å². The van der Waals surface area contributed by atoms with Crippen molar-refractivity contribution in [3.8, 4) is 17.2 Å². The molecule has 0 spiro atoms. The predicted octanol–water partition coefficient (Wildman–Crippen LogP) is 8.91. The zero-order valence-corrected chi connectivity index (χ0v) is 27.8. The van der Waals surface area contributed by atoms with Gasteiger partial charge in [0, 0.05) is 25.6 Å². The Hall–Kier alpha value is -3.22. The van der Waals surface area contributed by atoms with E-state index in [9.17, 15) is 9.90 Å². The summed E-state index contributed by atoms with van der Waals surface area (Å²) in [5.41, 5.74) is 1.95. The number of carbonyl (C=O) groups is 1. The second-order valence-electron chi connectivity index (χ2n) is 8.97. The van der Waals surface area contributed by atoms with Crippen LogP contribution in [0.5, 0.6) is 17.2 Å². The number of nitrogens with zero attached hydrogens (tertiary/aromatic N) is 3. The van der Waals surface area contributed by atoms with Gasteiger partial charge in [0.05, 0.1) is 35.5 Å². The lowest BCUT2D eigenvalue weighted by Crippen LogP contribution is -2.28. The maximum absolute atomic E-state index is 13.4. The van der Waals surface area contributed by atoms with Crippen LogP contribution in [0.3, 0.4) is 0 Å². The zero-order chi connectivity index (χ0) is 30.5. The maximum Gasteiger partial charge on any atom is 0.267 e. The van der Waals surface area contributed by atoms with Gasteiger partial charge in [-0.15, -0.1) is 5.10 Å². The van der Waals surface area contributed by atoms with Crippen molar-refractivity contribution in [2.45, 2.75) is 13.2 Å². The standard InChI is InChI=1S/C30H21Br2Cl2N3O5S/c1-40-26-9-17(4-7-25(26)42-16-18-5-6-21(33)13-24(18)34)14-35-36-30-37(15-22-3-2-8-41-22)29(39)27(43-30)11-19-10-20(31)12-23(32)28(19)38/h2-14,38H,15-16H2,1H3/b27-11-,35-14-,36-30+. The Kier molecular flexibility index (Phi) is 10.2. The Balaban J connectivity index is 1.36. The summed E-state index contributed by atoms with van der Waals surface area (Å²) in [6, 6.07) is 17.5. The van der Waals surface area contributed by atoms with E-state index in [2.05, 4.69) is 42.1 Å². The summed E-state index contributed by atoms with van der Waals surface area (Å²) in [6.45, 7) is 0.394. The van der Waals surface area contributed by atoms with Crippen LogP contribution >= 0.6 is 66.8 Å². The number of amidine groups is 1. The molecule has 1 aliphatic heterocycles. The molecule has 13 heteroatoms. The summed E-state index contributed by atoms with van der Waals surface area (Å²) in [5, 5.41) is 20.5. The minimum absolute atomic E-state index is 0.0164. The van der Waals surface area contributed by atoms with Crippen molar-refractivity contribution in [1.29, 1.82) is 0 Å². The highest BCUT2D eigenvalue weighted by atomic mass is 79.9. The van der Waals surface area contributed by atoms with Crippen molar-refractivity contribution >= 4 is 90.2 Å².